The molecule has 1 fully saturated rings. The molecule has 0 saturated carbocycles. The minimum absolute atomic E-state index is 0.249. The van der Waals surface area contributed by atoms with E-state index in [1.807, 2.05) is 32.9 Å². The predicted molar refractivity (Wildman–Crippen MR) is 88.7 cm³/mol. The fourth-order valence-electron chi connectivity index (χ4n) is 2.47. The number of ether oxygens (including phenoxy) is 3. The van der Waals surface area contributed by atoms with Gasteiger partial charge in [0.05, 0.1) is 4.47 Å². The molecule has 2 aliphatic rings. The predicted octanol–water partition coefficient (Wildman–Crippen LogP) is 2.89. The largest absolute Gasteiger partial charge is 0.454 e. The Bertz CT molecular complexity index is 609. The van der Waals surface area contributed by atoms with Crippen LogP contribution in [0.3, 0.4) is 0 Å². The highest BCUT2D eigenvalue weighted by molar-refractivity contribution is 9.10. The summed E-state index contributed by atoms with van der Waals surface area (Å²) in [6.07, 6.45) is -0.249. The quantitative estimate of drug-likeness (QED) is 0.867. The summed E-state index contributed by atoms with van der Waals surface area (Å²) in [5, 5.41) is 3.43. The molecule has 0 aliphatic carbocycles. The van der Waals surface area contributed by atoms with Gasteiger partial charge in [-0.15, -0.1) is 0 Å². The minimum atomic E-state index is -0.450. The summed E-state index contributed by atoms with van der Waals surface area (Å²) in [5.41, 5.74) is 0.658. The molecule has 1 aromatic rings. The topological polar surface area (TPSA) is 60.0 Å². The van der Waals surface area contributed by atoms with Gasteiger partial charge in [0.2, 0.25) is 6.79 Å². The Labute approximate surface area is 144 Å². The van der Waals surface area contributed by atoms with Gasteiger partial charge in [0, 0.05) is 25.7 Å². The summed E-state index contributed by atoms with van der Waals surface area (Å²) in [6.45, 7) is 7.93. The maximum Gasteiger partial charge on any atom is 0.410 e. The molecule has 0 unspecified atom stereocenters. The van der Waals surface area contributed by atoms with Crippen molar-refractivity contribution in [3.8, 4) is 11.5 Å². The first-order valence-electron chi connectivity index (χ1n) is 7.61. The van der Waals surface area contributed by atoms with Crippen molar-refractivity contribution >= 4 is 22.0 Å². The van der Waals surface area contributed by atoms with E-state index in [9.17, 15) is 4.79 Å². The average molecular weight is 385 g/mol. The number of hydrogen-bond acceptors (Lipinski definition) is 5. The van der Waals surface area contributed by atoms with Crippen LogP contribution >= 0.6 is 15.9 Å². The Morgan fingerprint density at radius 1 is 1.39 bits per heavy atom. The summed E-state index contributed by atoms with van der Waals surface area (Å²) < 4.78 is 17.0. The molecular weight excluding hydrogens is 364 g/mol. The zero-order valence-corrected chi connectivity index (χ0v) is 15.1. The molecule has 1 amide bonds. The summed E-state index contributed by atoms with van der Waals surface area (Å²) in [6, 6.07) is 4.28. The molecule has 0 aromatic heterocycles. The van der Waals surface area contributed by atoms with E-state index in [-0.39, 0.29) is 18.9 Å². The first kappa shape index (κ1) is 16.4. The average Bonchev–Trinajstić information content (AvgIpc) is 2.83. The monoisotopic (exact) mass is 384 g/mol. The highest BCUT2D eigenvalue weighted by atomic mass is 79.9. The molecule has 126 valence electrons. The van der Waals surface area contributed by atoms with Crippen molar-refractivity contribution in [3.05, 3.63) is 22.2 Å². The molecule has 1 saturated heterocycles. The number of carbonyl (C=O) groups excluding carboxylic acids is 1. The second kappa shape index (κ2) is 6.20. The number of hydrogen-bond donors (Lipinski definition) is 1. The number of nitrogens with one attached hydrogen (secondary N) is 1. The zero-order chi connectivity index (χ0) is 16.6. The van der Waals surface area contributed by atoms with Crippen LogP contribution in [0.15, 0.2) is 16.6 Å². The van der Waals surface area contributed by atoms with Gasteiger partial charge in [-0.1, -0.05) is 0 Å². The molecule has 7 heteroatoms. The Morgan fingerprint density at radius 2 is 2.13 bits per heavy atom. The number of benzene rings is 1. The van der Waals surface area contributed by atoms with Gasteiger partial charge in [-0.2, -0.15) is 0 Å². The van der Waals surface area contributed by atoms with Crippen LogP contribution in [0.4, 0.5) is 4.79 Å². The van der Waals surface area contributed by atoms with E-state index >= 15 is 0 Å². The van der Waals surface area contributed by atoms with Crippen molar-refractivity contribution in [2.24, 2.45) is 0 Å². The number of fused-ring (bicyclic) bond motifs is 1. The summed E-state index contributed by atoms with van der Waals surface area (Å²) >= 11 is 3.49. The van der Waals surface area contributed by atoms with E-state index in [0.717, 1.165) is 21.5 Å². The number of halogens is 1. The van der Waals surface area contributed by atoms with Gasteiger partial charge >= 0.3 is 6.09 Å². The van der Waals surface area contributed by atoms with E-state index < -0.39 is 5.60 Å². The lowest BCUT2D eigenvalue weighted by Gasteiger charge is -2.40. The third-order valence-corrected chi connectivity index (χ3v) is 4.20. The maximum absolute atomic E-state index is 11.9. The number of nitrogens with zero attached hydrogens (tertiary/aromatic N) is 1. The molecule has 3 rings (SSSR count). The minimum Gasteiger partial charge on any atom is -0.454 e. The Kier molecular flexibility index (Phi) is 4.42. The summed E-state index contributed by atoms with van der Waals surface area (Å²) in [5.74, 6) is 1.52. The Hall–Kier alpha value is -1.47. The lowest BCUT2D eigenvalue weighted by Crippen LogP contribution is -2.60. The summed E-state index contributed by atoms with van der Waals surface area (Å²) in [7, 11) is 0. The molecule has 2 aliphatic heterocycles. The van der Waals surface area contributed by atoms with Crippen LogP contribution < -0.4 is 14.8 Å². The molecule has 0 bridgehead atoms. The lowest BCUT2D eigenvalue weighted by atomic mass is 10.1. The van der Waals surface area contributed by atoms with E-state index in [4.69, 9.17) is 14.2 Å². The van der Waals surface area contributed by atoms with E-state index in [2.05, 4.69) is 21.2 Å². The molecule has 23 heavy (non-hydrogen) atoms. The van der Waals surface area contributed by atoms with E-state index in [1.54, 1.807) is 4.90 Å². The molecule has 2 heterocycles. The van der Waals surface area contributed by atoms with Crippen LogP contribution in [0.25, 0.3) is 0 Å². The standard InChI is InChI=1S/C16H21BrN2O4/c1-16(2,3)23-15(20)19-7-11(8-19)18-6-10-4-12(17)14-13(5-10)21-9-22-14/h4-5,11,18H,6-9H2,1-3H3. The molecule has 0 atom stereocenters. The SMILES string of the molecule is CC(C)(C)OC(=O)N1CC(NCc2cc(Br)c3c(c2)OCO3)C1. The van der Waals surface area contributed by atoms with Gasteiger partial charge < -0.3 is 24.4 Å². The fourth-order valence-corrected chi connectivity index (χ4v) is 3.07. The van der Waals surface area contributed by atoms with Crippen LogP contribution in [0, 0.1) is 0 Å². The lowest BCUT2D eigenvalue weighted by molar-refractivity contribution is 0.00519. The second-order valence-corrected chi connectivity index (χ2v) is 7.63. The highest BCUT2D eigenvalue weighted by Gasteiger charge is 2.33. The van der Waals surface area contributed by atoms with Gasteiger partial charge in [0.15, 0.2) is 11.5 Å². The van der Waals surface area contributed by atoms with Crippen molar-refractivity contribution in [2.75, 3.05) is 19.9 Å². The van der Waals surface area contributed by atoms with Gasteiger partial charge in [0.25, 0.3) is 0 Å². The first-order valence-corrected chi connectivity index (χ1v) is 8.40. The van der Waals surface area contributed by atoms with Gasteiger partial charge in [-0.3, -0.25) is 0 Å². The van der Waals surface area contributed by atoms with Crippen molar-refractivity contribution < 1.29 is 19.0 Å². The van der Waals surface area contributed by atoms with Crippen LogP contribution in [0.1, 0.15) is 26.3 Å². The van der Waals surface area contributed by atoms with Gasteiger partial charge in [-0.05, 0) is 54.4 Å². The van der Waals surface area contributed by atoms with Crippen molar-refractivity contribution in [1.29, 1.82) is 0 Å². The van der Waals surface area contributed by atoms with Crippen LogP contribution in [-0.2, 0) is 11.3 Å². The molecule has 1 N–H and O–H groups in total. The summed E-state index contributed by atoms with van der Waals surface area (Å²) in [4.78, 5) is 13.6. The van der Waals surface area contributed by atoms with Crippen molar-refractivity contribution in [3.63, 3.8) is 0 Å². The number of carbonyl (C=O) groups is 1. The van der Waals surface area contributed by atoms with E-state index in [0.29, 0.717) is 19.6 Å². The smallest absolute Gasteiger partial charge is 0.410 e. The molecule has 0 radical (unpaired) electrons. The van der Waals surface area contributed by atoms with Crippen LogP contribution in [0.5, 0.6) is 11.5 Å². The third kappa shape index (κ3) is 3.90. The fraction of sp³-hybridized carbons (Fsp3) is 0.562. The van der Waals surface area contributed by atoms with Crippen LogP contribution in [-0.4, -0.2) is 42.5 Å². The second-order valence-electron chi connectivity index (χ2n) is 6.77. The normalized spacial score (nSPS) is 17.1. The van der Waals surface area contributed by atoms with E-state index in [1.165, 1.54) is 0 Å². The van der Waals surface area contributed by atoms with Crippen molar-refractivity contribution in [2.45, 2.75) is 39.0 Å². The number of rotatable bonds is 3. The highest BCUT2D eigenvalue weighted by Crippen LogP contribution is 2.39. The molecule has 6 nitrogen and oxygen atoms in total. The van der Waals surface area contributed by atoms with Crippen LogP contribution in [0.2, 0.25) is 0 Å². The third-order valence-electron chi connectivity index (χ3n) is 3.62. The Morgan fingerprint density at radius 3 is 2.83 bits per heavy atom. The maximum atomic E-state index is 11.9. The molecule has 1 aromatic carbocycles. The first-order chi connectivity index (χ1) is 10.8. The van der Waals surface area contributed by atoms with Gasteiger partial charge in [0.1, 0.15) is 5.60 Å². The number of amides is 1. The molecular formula is C16H21BrN2O4. The number of likely N-dealkylation sites (tertiary alicyclic amines) is 1. The molecule has 0 spiro atoms. The Balaban J connectivity index is 1.46. The van der Waals surface area contributed by atoms with Gasteiger partial charge in [-0.25, -0.2) is 4.79 Å². The zero-order valence-electron chi connectivity index (χ0n) is 13.5. The van der Waals surface area contributed by atoms with Crippen molar-refractivity contribution in [1.82, 2.24) is 10.2 Å².